The number of amides is 1. The highest BCUT2D eigenvalue weighted by molar-refractivity contribution is 9.10. The lowest BCUT2D eigenvalue weighted by molar-refractivity contribution is -0.000204. The van der Waals surface area contributed by atoms with Crippen LogP contribution in [0.5, 0.6) is 0 Å². The van der Waals surface area contributed by atoms with E-state index in [9.17, 15) is 4.79 Å². The van der Waals surface area contributed by atoms with Gasteiger partial charge in [0.25, 0.3) is 5.91 Å². The molecule has 0 N–H and O–H groups in total. The predicted molar refractivity (Wildman–Crippen MR) is 74.7 cm³/mol. The molecule has 0 saturated carbocycles. The lowest BCUT2D eigenvalue weighted by Crippen LogP contribution is -2.37. The highest BCUT2D eigenvalue weighted by atomic mass is 79.9. The highest BCUT2D eigenvalue weighted by Crippen LogP contribution is 2.19. The topological polar surface area (TPSA) is 29.5 Å². The third-order valence-electron chi connectivity index (χ3n) is 3.20. The minimum absolute atomic E-state index is 0.0386. The molecule has 1 unspecified atom stereocenters. The lowest BCUT2D eigenvalue weighted by Gasteiger charge is -2.27. The molecular weight excluding hydrogens is 294 g/mol. The molecule has 1 aliphatic rings. The Bertz CT molecular complexity index is 416. The van der Waals surface area contributed by atoms with Gasteiger partial charge in [-0.25, -0.2) is 0 Å². The number of halogens is 1. The molecule has 1 saturated heterocycles. The van der Waals surface area contributed by atoms with Gasteiger partial charge < -0.3 is 9.64 Å². The SMILES string of the molecule is CN(CC1CCCCO1)C(=O)c1ccccc1Br. The van der Waals surface area contributed by atoms with Crippen LogP contribution in [0.3, 0.4) is 0 Å². The van der Waals surface area contributed by atoms with Crippen molar-refractivity contribution in [3.05, 3.63) is 34.3 Å². The van der Waals surface area contributed by atoms with Gasteiger partial charge in [0.2, 0.25) is 0 Å². The van der Waals surface area contributed by atoms with Gasteiger partial charge in [-0.3, -0.25) is 4.79 Å². The van der Waals surface area contributed by atoms with Crippen LogP contribution in [0.2, 0.25) is 0 Å². The van der Waals surface area contributed by atoms with Gasteiger partial charge in [0.1, 0.15) is 0 Å². The minimum atomic E-state index is 0.0386. The molecule has 2 rings (SSSR count). The number of hydrogen-bond acceptors (Lipinski definition) is 2. The number of carbonyl (C=O) groups is 1. The quantitative estimate of drug-likeness (QED) is 0.858. The smallest absolute Gasteiger partial charge is 0.254 e. The summed E-state index contributed by atoms with van der Waals surface area (Å²) in [6, 6.07) is 7.51. The summed E-state index contributed by atoms with van der Waals surface area (Å²) in [6.45, 7) is 1.49. The average Bonchev–Trinajstić information content (AvgIpc) is 2.39. The molecule has 0 bridgehead atoms. The Balaban J connectivity index is 1.98. The average molecular weight is 312 g/mol. The lowest BCUT2D eigenvalue weighted by atomic mass is 10.1. The molecule has 3 nitrogen and oxygen atoms in total. The Labute approximate surface area is 116 Å². The van der Waals surface area contributed by atoms with E-state index in [0.717, 1.165) is 23.9 Å². The summed E-state index contributed by atoms with van der Waals surface area (Å²) in [5, 5.41) is 0. The Hall–Kier alpha value is -0.870. The molecule has 1 fully saturated rings. The van der Waals surface area contributed by atoms with Crippen molar-refractivity contribution in [2.75, 3.05) is 20.2 Å². The molecule has 0 spiro atoms. The van der Waals surface area contributed by atoms with Gasteiger partial charge in [-0.05, 0) is 47.3 Å². The molecule has 1 amide bonds. The molecule has 98 valence electrons. The van der Waals surface area contributed by atoms with E-state index >= 15 is 0 Å². The van der Waals surface area contributed by atoms with Crippen LogP contribution in [-0.2, 0) is 4.74 Å². The third kappa shape index (κ3) is 3.33. The molecular formula is C14H18BrNO2. The van der Waals surface area contributed by atoms with E-state index in [0.29, 0.717) is 12.1 Å². The molecule has 0 radical (unpaired) electrons. The summed E-state index contributed by atoms with van der Waals surface area (Å²) >= 11 is 3.41. The van der Waals surface area contributed by atoms with Crippen LogP contribution < -0.4 is 0 Å². The van der Waals surface area contributed by atoms with Crippen molar-refractivity contribution in [1.82, 2.24) is 4.90 Å². The fourth-order valence-electron chi connectivity index (χ4n) is 2.18. The van der Waals surface area contributed by atoms with Gasteiger partial charge in [-0.1, -0.05) is 12.1 Å². The first-order chi connectivity index (χ1) is 8.68. The molecule has 1 heterocycles. The zero-order chi connectivity index (χ0) is 13.0. The highest BCUT2D eigenvalue weighted by Gasteiger charge is 2.20. The normalized spacial score (nSPS) is 19.6. The maximum atomic E-state index is 12.3. The van der Waals surface area contributed by atoms with Gasteiger partial charge >= 0.3 is 0 Å². The van der Waals surface area contributed by atoms with Crippen molar-refractivity contribution in [2.45, 2.75) is 25.4 Å². The van der Waals surface area contributed by atoms with Crippen LogP contribution in [0.25, 0.3) is 0 Å². The van der Waals surface area contributed by atoms with Gasteiger partial charge in [-0.15, -0.1) is 0 Å². The first kappa shape index (κ1) is 13.6. The van der Waals surface area contributed by atoms with Crippen LogP contribution in [-0.4, -0.2) is 37.1 Å². The first-order valence-corrected chi connectivity index (χ1v) is 7.09. The van der Waals surface area contributed by atoms with Gasteiger partial charge in [-0.2, -0.15) is 0 Å². The van der Waals surface area contributed by atoms with Crippen molar-refractivity contribution in [3.63, 3.8) is 0 Å². The second kappa shape index (κ2) is 6.34. The third-order valence-corrected chi connectivity index (χ3v) is 3.89. The maximum Gasteiger partial charge on any atom is 0.254 e. The fraction of sp³-hybridized carbons (Fsp3) is 0.500. The van der Waals surface area contributed by atoms with E-state index in [-0.39, 0.29) is 12.0 Å². The zero-order valence-corrected chi connectivity index (χ0v) is 12.1. The van der Waals surface area contributed by atoms with Gasteiger partial charge in [0.15, 0.2) is 0 Å². The zero-order valence-electron chi connectivity index (χ0n) is 10.6. The van der Waals surface area contributed by atoms with E-state index in [1.54, 1.807) is 4.90 Å². The number of rotatable bonds is 3. The number of benzene rings is 1. The van der Waals surface area contributed by atoms with Crippen LogP contribution >= 0.6 is 15.9 Å². The minimum Gasteiger partial charge on any atom is -0.376 e. The van der Waals surface area contributed by atoms with E-state index in [1.165, 1.54) is 6.42 Å². The van der Waals surface area contributed by atoms with Crippen LogP contribution in [0, 0.1) is 0 Å². The summed E-state index contributed by atoms with van der Waals surface area (Å²) in [4.78, 5) is 14.0. The second-order valence-electron chi connectivity index (χ2n) is 4.65. The first-order valence-electron chi connectivity index (χ1n) is 6.30. The summed E-state index contributed by atoms with van der Waals surface area (Å²) in [6.07, 6.45) is 3.57. The largest absolute Gasteiger partial charge is 0.376 e. The predicted octanol–water partition coefficient (Wildman–Crippen LogP) is 3.09. The molecule has 1 aromatic rings. The molecule has 0 aliphatic carbocycles. The van der Waals surface area contributed by atoms with Crippen molar-refractivity contribution in [2.24, 2.45) is 0 Å². The van der Waals surface area contributed by atoms with Gasteiger partial charge in [0.05, 0.1) is 11.7 Å². The molecule has 18 heavy (non-hydrogen) atoms. The number of carbonyl (C=O) groups excluding carboxylic acids is 1. The Morgan fingerprint density at radius 1 is 1.44 bits per heavy atom. The van der Waals surface area contributed by atoms with Crippen molar-refractivity contribution in [3.8, 4) is 0 Å². The summed E-state index contributed by atoms with van der Waals surface area (Å²) in [7, 11) is 1.83. The Morgan fingerprint density at radius 3 is 2.89 bits per heavy atom. The number of hydrogen-bond donors (Lipinski definition) is 0. The van der Waals surface area contributed by atoms with Crippen molar-refractivity contribution in [1.29, 1.82) is 0 Å². The maximum absolute atomic E-state index is 12.3. The van der Waals surface area contributed by atoms with Crippen molar-refractivity contribution >= 4 is 21.8 Å². The Kier molecular flexibility index (Phi) is 4.78. The van der Waals surface area contributed by atoms with E-state index in [1.807, 2.05) is 31.3 Å². The van der Waals surface area contributed by atoms with Crippen LogP contribution in [0.4, 0.5) is 0 Å². The number of ether oxygens (including phenoxy) is 1. The summed E-state index contributed by atoms with van der Waals surface area (Å²) in [5.74, 6) is 0.0386. The number of likely N-dealkylation sites (N-methyl/N-ethyl adjacent to an activating group) is 1. The number of nitrogens with zero attached hydrogens (tertiary/aromatic N) is 1. The molecule has 1 aromatic carbocycles. The molecule has 0 aromatic heterocycles. The van der Waals surface area contributed by atoms with Gasteiger partial charge in [0, 0.05) is 24.7 Å². The van der Waals surface area contributed by atoms with Crippen LogP contribution in [0.15, 0.2) is 28.7 Å². The van der Waals surface area contributed by atoms with E-state index < -0.39 is 0 Å². The molecule has 4 heteroatoms. The van der Waals surface area contributed by atoms with Crippen molar-refractivity contribution < 1.29 is 9.53 Å². The second-order valence-corrected chi connectivity index (χ2v) is 5.51. The Morgan fingerprint density at radius 2 is 2.22 bits per heavy atom. The molecule has 1 atom stereocenters. The standard InChI is InChI=1S/C14H18BrNO2/c1-16(10-11-6-4-5-9-18-11)14(17)12-7-2-3-8-13(12)15/h2-3,7-8,11H,4-6,9-10H2,1H3. The van der Waals surface area contributed by atoms with E-state index in [4.69, 9.17) is 4.74 Å². The molecule has 1 aliphatic heterocycles. The summed E-state index contributed by atoms with van der Waals surface area (Å²) < 4.78 is 6.50. The van der Waals surface area contributed by atoms with Crippen LogP contribution in [0.1, 0.15) is 29.6 Å². The fourth-order valence-corrected chi connectivity index (χ4v) is 2.63. The van der Waals surface area contributed by atoms with E-state index in [2.05, 4.69) is 15.9 Å². The summed E-state index contributed by atoms with van der Waals surface area (Å²) in [5.41, 5.74) is 0.704. The monoisotopic (exact) mass is 311 g/mol.